The second-order valence-electron chi connectivity index (χ2n) is 3.51. The molecule has 1 atom stereocenters. The molecular formula is C11H15NO4. The van der Waals surface area contributed by atoms with Crippen molar-refractivity contribution in [1.82, 2.24) is 0 Å². The normalized spacial score (nSPS) is 14.9. The van der Waals surface area contributed by atoms with Crippen LogP contribution in [0.5, 0.6) is 17.2 Å². The van der Waals surface area contributed by atoms with Gasteiger partial charge in [-0.25, -0.2) is 0 Å². The summed E-state index contributed by atoms with van der Waals surface area (Å²) in [6, 6.07) is 3.52. The predicted octanol–water partition coefficient (Wildman–Crippen LogP) is 0.806. The molecule has 1 heterocycles. The lowest BCUT2D eigenvalue weighted by molar-refractivity contribution is 0.150. The van der Waals surface area contributed by atoms with Crippen LogP contribution in [-0.2, 0) is 0 Å². The van der Waals surface area contributed by atoms with E-state index >= 15 is 0 Å². The van der Waals surface area contributed by atoms with Gasteiger partial charge in [0.1, 0.15) is 5.75 Å². The molecule has 0 spiro atoms. The number of hydrogen-bond donors (Lipinski definition) is 2. The summed E-state index contributed by atoms with van der Waals surface area (Å²) in [7, 11) is 1.55. The van der Waals surface area contributed by atoms with Crippen molar-refractivity contribution in [2.75, 3.05) is 20.4 Å². The van der Waals surface area contributed by atoms with Gasteiger partial charge in [-0.05, 0) is 25.1 Å². The van der Waals surface area contributed by atoms with Gasteiger partial charge in [0.2, 0.25) is 6.79 Å². The lowest BCUT2D eigenvalue weighted by Crippen LogP contribution is -2.08. The third-order valence-electron chi connectivity index (χ3n) is 2.53. The third kappa shape index (κ3) is 1.79. The zero-order chi connectivity index (χ0) is 11.5. The summed E-state index contributed by atoms with van der Waals surface area (Å²) >= 11 is 0. The molecule has 1 aliphatic heterocycles. The zero-order valence-electron chi connectivity index (χ0n) is 9.10. The van der Waals surface area contributed by atoms with Crippen LogP contribution in [0.4, 0.5) is 0 Å². The fraction of sp³-hybridized carbons (Fsp3) is 0.455. The zero-order valence-corrected chi connectivity index (χ0v) is 9.10. The van der Waals surface area contributed by atoms with E-state index in [9.17, 15) is 5.11 Å². The molecule has 5 heteroatoms. The molecule has 88 valence electrons. The fourth-order valence-electron chi connectivity index (χ4n) is 1.77. The number of methoxy groups -OCH3 is 1. The van der Waals surface area contributed by atoms with Crippen molar-refractivity contribution in [3.63, 3.8) is 0 Å². The quantitative estimate of drug-likeness (QED) is 0.793. The first-order valence-corrected chi connectivity index (χ1v) is 5.12. The maximum absolute atomic E-state index is 10.0. The van der Waals surface area contributed by atoms with E-state index in [0.717, 1.165) is 0 Å². The molecule has 1 aromatic rings. The minimum atomic E-state index is -0.698. The summed E-state index contributed by atoms with van der Waals surface area (Å²) in [5.74, 6) is 1.78. The highest BCUT2D eigenvalue weighted by molar-refractivity contribution is 5.56. The molecule has 16 heavy (non-hydrogen) atoms. The second kappa shape index (κ2) is 4.59. The van der Waals surface area contributed by atoms with Gasteiger partial charge in [0.25, 0.3) is 0 Å². The molecule has 0 saturated heterocycles. The Kier molecular flexibility index (Phi) is 3.17. The maximum atomic E-state index is 10.0. The minimum Gasteiger partial charge on any atom is -0.496 e. The molecule has 1 unspecified atom stereocenters. The Morgan fingerprint density at radius 1 is 1.50 bits per heavy atom. The van der Waals surface area contributed by atoms with E-state index in [4.69, 9.17) is 19.9 Å². The Bertz CT molecular complexity index is 380. The van der Waals surface area contributed by atoms with Crippen LogP contribution in [0.25, 0.3) is 0 Å². The Morgan fingerprint density at radius 2 is 2.31 bits per heavy atom. The summed E-state index contributed by atoms with van der Waals surface area (Å²) < 4.78 is 15.8. The first-order chi connectivity index (χ1) is 7.77. The van der Waals surface area contributed by atoms with E-state index < -0.39 is 6.10 Å². The van der Waals surface area contributed by atoms with E-state index in [1.165, 1.54) is 0 Å². The number of benzene rings is 1. The Labute approximate surface area is 93.7 Å². The summed E-state index contributed by atoms with van der Waals surface area (Å²) in [5, 5.41) is 10.0. The molecule has 0 saturated carbocycles. The lowest BCUT2D eigenvalue weighted by atomic mass is 10.0. The molecule has 5 nitrogen and oxygen atoms in total. The van der Waals surface area contributed by atoms with E-state index in [-0.39, 0.29) is 6.79 Å². The van der Waals surface area contributed by atoms with Gasteiger partial charge >= 0.3 is 0 Å². The number of hydrogen-bond acceptors (Lipinski definition) is 5. The topological polar surface area (TPSA) is 73.9 Å². The van der Waals surface area contributed by atoms with Crippen molar-refractivity contribution >= 4 is 0 Å². The van der Waals surface area contributed by atoms with Crippen LogP contribution < -0.4 is 19.9 Å². The molecule has 2 rings (SSSR count). The molecule has 0 amide bonds. The van der Waals surface area contributed by atoms with E-state index in [0.29, 0.717) is 35.8 Å². The van der Waals surface area contributed by atoms with Gasteiger partial charge in [-0.3, -0.25) is 0 Å². The maximum Gasteiger partial charge on any atom is 0.231 e. The Morgan fingerprint density at radius 3 is 3.00 bits per heavy atom. The van der Waals surface area contributed by atoms with Crippen LogP contribution >= 0.6 is 0 Å². The molecule has 1 aliphatic rings. The molecular weight excluding hydrogens is 210 g/mol. The predicted molar refractivity (Wildman–Crippen MR) is 57.7 cm³/mol. The Balaban J connectivity index is 2.43. The van der Waals surface area contributed by atoms with Crippen LogP contribution in [0.15, 0.2) is 12.1 Å². The monoisotopic (exact) mass is 225 g/mol. The number of nitrogens with two attached hydrogens (primary N) is 1. The molecule has 0 aromatic heterocycles. The molecule has 0 aliphatic carbocycles. The summed E-state index contributed by atoms with van der Waals surface area (Å²) in [5.41, 5.74) is 6.04. The standard InChI is InChI=1S/C11H15NO4/c1-14-8-2-3-9-11(16-6-15-9)10(8)7(13)4-5-12/h2-3,7,13H,4-6,12H2,1H3. The highest BCUT2D eigenvalue weighted by atomic mass is 16.7. The highest BCUT2D eigenvalue weighted by Crippen LogP contribution is 2.44. The van der Waals surface area contributed by atoms with Crippen molar-refractivity contribution in [2.24, 2.45) is 5.73 Å². The molecule has 1 aromatic carbocycles. The van der Waals surface area contributed by atoms with Crippen molar-refractivity contribution in [3.05, 3.63) is 17.7 Å². The van der Waals surface area contributed by atoms with Crippen molar-refractivity contribution in [3.8, 4) is 17.2 Å². The second-order valence-corrected chi connectivity index (χ2v) is 3.51. The largest absolute Gasteiger partial charge is 0.496 e. The first kappa shape index (κ1) is 11.0. The molecule has 0 bridgehead atoms. The first-order valence-electron chi connectivity index (χ1n) is 5.12. The average molecular weight is 225 g/mol. The van der Waals surface area contributed by atoms with Gasteiger partial charge in [0.15, 0.2) is 11.5 Å². The lowest BCUT2D eigenvalue weighted by Gasteiger charge is -2.16. The summed E-state index contributed by atoms with van der Waals surface area (Å²) in [6.07, 6.45) is -0.243. The van der Waals surface area contributed by atoms with Gasteiger partial charge < -0.3 is 25.1 Å². The van der Waals surface area contributed by atoms with Gasteiger partial charge in [0.05, 0.1) is 18.8 Å². The van der Waals surface area contributed by atoms with Crippen LogP contribution in [0.2, 0.25) is 0 Å². The van der Waals surface area contributed by atoms with Gasteiger partial charge in [-0.2, -0.15) is 0 Å². The number of ether oxygens (including phenoxy) is 3. The van der Waals surface area contributed by atoms with E-state index in [1.54, 1.807) is 19.2 Å². The van der Waals surface area contributed by atoms with E-state index in [1.807, 2.05) is 0 Å². The smallest absolute Gasteiger partial charge is 0.231 e. The molecule has 0 radical (unpaired) electrons. The number of fused-ring (bicyclic) bond motifs is 1. The molecule has 3 N–H and O–H groups in total. The number of aliphatic hydroxyl groups is 1. The number of rotatable bonds is 4. The molecule has 0 fully saturated rings. The SMILES string of the molecule is COc1ccc2c(c1C(O)CCN)OCO2. The van der Waals surface area contributed by atoms with Crippen LogP contribution in [-0.4, -0.2) is 25.6 Å². The van der Waals surface area contributed by atoms with Crippen molar-refractivity contribution < 1.29 is 19.3 Å². The Hall–Kier alpha value is -1.46. The number of aliphatic hydroxyl groups excluding tert-OH is 1. The van der Waals surface area contributed by atoms with Crippen LogP contribution in [0.1, 0.15) is 18.1 Å². The van der Waals surface area contributed by atoms with E-state index in [2.05, 4.69) is 0 Å². The van der Waals surface area contributed by atoms with Crippen molar-refractivity contribution in [2.45, 2.75) is 12.5 Å². The van der Waals surface area contributed by atoms with Gasteiger partial charge in [-0.1, -0.05) is 0 Å². The van der Waals surface area contributed by atoms with Crippen molar-refractivity contribution in [1.29, 1.82) is 0 Å². The highest BCUT2D eigenvalue weighted by Gasteiger charge is 2.25. The third-order valence-corrected chi connectivity index (χ3v) is 2.53. The minimum absolute atomic E-state index is 0.171. The summed E-state index contributed by atoms with van der Waals surface area (Å²) in [6.45, 7) is 0.569. The van der Waals surface area contributed by atoms with Crippen LogP contribution in [0.3, 0.4) is 0 Å². The van der Waals surface area contributed by atoms with Gasteiger partial charge in [-0.15, -0.1) is 0 Å². The average Bonchev–Trinajstić information content (AvgIpc) is 2.75. The van der Waals surface area contributed by atoms with Crippen LogP contribution in [0, 0.1) is 0 Å². The fourth-order valence-corrected chi connectivity index (χ4v) is 1.77. The van der Waals surface area contributed by atoms with Gasteiger partial charge in [0, 0.05) is 0 Å². The summed E-state index contributed by atoms with van der Waals surface area (Å²) in [4.78, 5) is 0.